The Hall–Kier alpha value is -1.85. The third kappa shape index (κ3) is 1.46. The number of nitrogens with zero attached hydrogens (tertiary/aromatic N) is 2. The second-order valence-corrected chi connectivity index (χ2v) is 3.84. The van der Waals surface area contributed by atoms with Gasteiger partial charge in [0.25, 0.3) is 5.91 Å². The second-order valence-electron chi connectivity index (χ2n) is 3.84. The van der Waals surface area contributed by atoms with Crippen molar-refractivity contribution in [3.8, 4) is 0 Å². The number of aromatic nitrogens is 1. The summed E-state index contributed by atoms with van der Waals surface area (Å²) in [6.45, 7) is 5.41. The van der Waals surface area contributed by atoms with Gasteiger partial charge in [0.2, 0.25) is 0 Å². The predicted octanol–water partition coefficient (Wildman–Crippen LogP) is 0.904. The first kappa shape index (κ1) is 10.7. The standard InChI is InChI=1S/C10H13N3O3/c1-5-9(7(3)16-12-5)6(2)13-8(14)4-11-10(13)15/h6H,4H2,1-3H3,(H,11,15). The summed E-state index contributed by atoms with van der Waals surface area (Å²) in [5.74, 6) is 0.412. The molecule has 2 heterocycles. The molecular formula is C10H13N3O3. The second kappa shape index (κ2) is 3.62. The molecule has 6 nitrogen and oxygen atoms in total. The number of nitrogens with one attached hydrogen (secondary N) is 1. The Morgan fingerprint density at radius 2 is 2.12 bits per heavy atom. The maximum atomic E-state index is 11.5. The fourth-order valence-electron chi connectivity index (χ4n) is 2.04. The van der Waals surface area contributed by atoms with E-state index in [1.54, 1.807) is 20.8 Å². The first-order valence-corrected chi connectivity index (χ1v) is 5.05. The predicted molar refractivity (Wildman–Crippen MR) is 54.6 cm³/mol. The van der Waals surface area contributed by atoms with E-state index in [4.69, 9.17) is 4.52 Å². The number of urea groups is 1. The third-order valence-corrected chi connectivity index (χ3v) is 2.77. The van der Waals surface area contributed by atoms with Crippen LogP contribution in [0, 0.1) is 13.8 Å². The van der Waals surface area contributed by atoms with Crippen LogP contribution in [-0.4, -0.2) is 28.5 Å². The zero-order valence-corrected chi connectivity index (χ0v) is 9.40. The lowest BCUT2D eigenvalue weighted by Gasteiger charge is -2.20. The lowest BCUT2D eigenvalue weighted by Crippen LogP contribution is -2.34. The molecular weight excluding hydrogens is 210 g/mol. The molecule has 1 fully saturated rings. The number of aryl methyl sites for hydroxylation is 2. The van der Waals surface area contributed by atoms with Crippen LogP contribution in [0.3, 0.4) is 0 Å². The summed E-state index contributed by atoms with van der Waals surface area (Å²) in [5, 5.41) is 6.30. The van der Waals surface area contributed by atoms with Crippen LogP contribution in [0.1, 0.15) is 30.0 Å². The van der Waals surface area contributed by atoms with Crippen LogP contribution < -0.4 is 5.32 Å². The van der Waals surface area contributed by atoms with Crippen molar-refractivity contribution in [2.24, 2.45) is 0 Å². The minimum absolute atomic E-state index is 0.0621. The van der Waals surface area contributed by atoms with E-state index in [2.05, 4.69) is 10.5 Å². The highest BCUT2D eigenvalue weighted by Gasteiger charge is 2.35. The zero-order chi connectivity index (χ0) is 11.9. The van der Waals surface area contributed by atoms with Crippen LogP contribution >= 0.6 is 0 Å². The summed E-state index contributed by atoms with van der Waals surface area (Å²) in [6.07, 6.45) is 0. The highest BCUT2D eigenvalue weighted by molar-refractivity contribution is 6.02. The lowest BCUT2D eigenvalue weighted by molar-refractivity contribution is -0.126. The Morgan fingerprint density at radius 1 is 1.44 bits per heavy atom. The van der Waals surface area contributed by atoms with Crippen molar-refractivity contribution in [1.82, 2.24) is 15.4 Å². The van der Waals surface area contributed by atoms with E-state index in [-0.39, 0.29) is 24.5 Å². The van der Waals surface area contributed by atoms with Gasteiger partial charge in [-0.3, -0.25) is 9.69 Å². The summed E-state index contributed by atoms with van der Waals surface area (Å²) < 4.78 is 5.03. The molecule has 1 aromatic rings. The monoisotopic (exact) mass is 223 g/mol. The summed E-state index contributed by atoms with van der Waals surface area (Å²) in [5.41, 5.74) is 1.50. The Balaban J connectivity index is 2.35. The van der Waals surface area contributed by atoms with E-state index < -0.39 is 0 Å². The fourth-order valence-corrected chi connectivity index (χ4v) is 2.04. The molecule has 0 spiro atoms. The van der Waals surface area contributed by atoms with Gasteiger partial charge in [-0.15, -0.1) is 0 Å². The van der Waals surface area contributed by atoms with E-state index in [0.717, 1.165) is 5.56 Å². The van der Waals surface area contributed by atoms with Gasteiger partial charge < -0.3 is 9.84 Å². The molecule has 16 heavy (non-hydrogen) atoms. The minimum atomic E-state index is -0.363. The fraction of sp³-hybridized carbons (Fsp3) is 0.500. The summed E-state index contributed by atoms with van der Waals surface area (Å²) >= 11 is 0. The number of hydrogen-bond acceptors (Lipinski definition) is 4. The molecule has 3 amide bonds. The van der Waals surface area contributed by atoms with E-state index in [9.17, 15) is 9.59 Å². The Labute approximate surface area is 92.6 Å². The van der Waals surface area contributed by atoms with Crippen LogP contribution in [0.15, 0.2) is 4.52 Å². The molecule has 0 radical (unpaired) electrons. The molecule has 1 aliphatic heterocycles. The van der Waals surface area contributed by atoms with Gasteiger partial charge in [0, 0.05) is 5.56 Å². The zero-order valence-electron chi connectivity index (χ0n) is 9.40. The molecule has 1 unspecified atom stereocenters. The number of carbonyl (C=O) groups is 2. The van der Waals surface area contributed by atoms with E-state index in [1.165, 1.54) is 4.90 Å². The van der Waals surface area contributed by atoms with E-state index >= 15 is 0 Å². The summed E-state index contributed by atoms with van der Waals surface area (Å²) in [7, 11) is 0. The van der Waals surface area contributed by atoms with Crippen molar-refractivity contribution in [3.05, 3.63) is 17.0 Å². The van der Waals surface area contributed by atoms with Crippen LogP contribution in [0.25, 0.3) is 0 Å². The molecule has 0 bridgehead atoms. The van der Waals surface area contributed by atoms with Crippen molar-refractivity contribution in [3.63, 3.8) is 0 Å². The van der Waals surface area contributed by atoms with Crippen molar-refractivity contribution >= 4 is 11.9 Å². The maximum Gasteiger partial charge on any atom is 0.325 e. The minimum Gasteiger partial charge on any atom is -0.361 e. The average molecular weight is 223 g/mol. The summed E-state index contributed by atoms with van der Waals surface area (Å²) in [4.78, 5) is 24.2. The number of hydrogen-bond donors (Lipinski definition) is 1. The molecule has 0 aliphatic carbocycles. The van der Waals surface area contributed by atoms with Gasteiger partial charge in [-0.25, -0.2) is 4.79 Å². The van der Waals surface area contributed by atoms with Crippen LogP contribution in [0.2, 0.25) is 0 Å². The van der Waals surface area contributed by atoms with Crippen LogP contribution in [-0.2, 0) is 4.79 Å². The lowest BCUT2D eigenvalue weighted by atomic mass is 10.1. The molecule has 0 aromatic carbocycles. The average Bonchev–Trinajstić information content (AvgIpc) is 2.71. The van der Waals surface area contributed by atoms with E-state index in [1.807, 2.05) is 0 Å². The van der Waals surface area contributed by atoms with Crippen molar-refractivity contribution < 1.29 is 14.1 Å². The van der Waals surface area contributed by atoms with Gasteiger partial charge >= 0.3 is 6.03 Å². The molecule has 1 saturated heterocycles. The first-order valence-electron chi connectivity index (χ1n) is 5.05. The maximum absolute atomic E-state index is 11.5. The molecule has 86 valence electrons. The van der Waals surface area contributed by atoms with Gasteiger partial charge in [-0.1, -0.05) is 5.16 Å². The quantitative estimate of drug-likeness (QED) is 0.756. The van der Waals surface area contributed by atoms with Crippen molar-refractivity contribution in [2.75, 3.05) is 6.54 Å². The largest absolute Gasteiger partial charge is 0.361 e. The highest BCUT2D eigenvalue weighted by Crippen LogP contribution is 2.27. The van der Waals surface area contributed by atoms with Gasteiger partial charge in [-0.05, 0) is 20.8 Å². The van der Waals surface area contributed by atoms with Gasteiger partial charge in [-0.2, -0.15) is 0 Å². The highest BCUT2D eigenvalue weighted by atomic mass is 16.5. The van der Waals surface area contributed by atoms with Crippen LogP contribution in [0.4, 0.5) is 4.79 Å². The molecule has 1 aliphatic rings. The van der Waals surface area contributed by atoms with Gasteiger partial charge in [0.05, 0.1) is 18.3 Å². The number of rotatable bonds is 2. The van der Waals surface area contributed by atoms with E-state index in [0.29, 0.717) is 11.5 Å². The molecule has 1 atom stereocenters. The SMILES string of the molecule is Cc1noc(C)c1C(C)N1C(=O)CNC1=O. The molecule has 1 N–H and O–H groups in total. The molecule has 1 aromatic heterocycles. The number of amides is 3. The Kier molecular flexibility index (Phi) is 2.41. The van der Waals surface area contributed by atoms with Gasteiger partial charge in [0.15, 0.2) is 0 Å². The number of carbonyl (C=O) groups excluding carboxylic acids is 2. The normalized spacial score (nSPS) is 17.8. The molecule has 2 rings (SSSR count). The van der Waals surface area contributed by atoms with Crippen LogP contribution in [0.5, 0.6) is 0 Å². The topological polar surface area (TPSA) is 75.4 Å². The van der Waals surface area contributed by atoms with Crippen molar-refractivity contribution in [1.29, 1.82) is 0 Å². The molecule has 0 saturated carbocycles. The first-order chi connectivity index (χ1) is 7.52. The molecule has 6 heteroatoms. The smallest absolute Gasteiger partial charge is 0.325 e. The third-order valence-electron chi connectivity index (χ3n) is 2.77. The van der Waals surface area contributed by atoms with Gasteiger partial charge in [0.1, 0.15) is 5.76 Å². The van der Waals surface area contributed by atoms with Crippen molar-refractivity contribution in [2.45, 2.75) is 26.8 Å². The summed E-state index contributed by atoms with van der Waals surface area (Å²) in [6, 6.07) is -0.709. The Bertz CT molecular complexity index is 417. The number of imide groups is 1. The Morgan fingerprint density at radius 3 is 2.56 bits per heavy atom.